The lowest BCUT2D eigenvalue weighted by Gasteiger charge is -2.21. The molecule has 2 rings (SSSR count). The van der Waals surface area contributed by atoms with E-state index in [2.05, 4.69) is 0 Å². The molecule has 5 heteroatoms. The van der Waals surface area contributed by atoms with Crippen LogP contribution in [0.15, 0.2) is 24.3 Å². The van der Waals surface area contributed by atoms with Gasteiger partial charge in [-0.2, -0.15) is 0 Å². The first-order valence-corrected chi connectivity index (χ1v) is 7.16. The maximum Gasteiger partial charge on any atom is 0.347 e. The molecule has 1 N–H and O–H groups in total. The fourth-order valence-electron chi connectivity index (χ4n) is 2.35. The fourth-order valence-corrected chi connectivity index (χ4v) is 3.26. The van der Waals surface area contributed by atoms with Crippen LogP contribution < -0.4 is 4.74 Å². The van der Waals surface area contributed by atoms with Crippen molar-refractivity contribution in [2.75, 3.05) is 0 Å². The Morgan fingerprint density at radius 3 is 2.05 bits per heavy atom. The van der Waals surface area contributed by atoms with E-state index < -0.39 is 15.9 Å². The molecule has 0 radical (unpaired) electrons. The van der Waals surface area contributed by atoms with Crippen LogP contribution >= 0.6 is 23.2 Å². The molecule has 1 aromatic rings. The first-order chi connectivity index (χ1) is 9.00. The summed E-state index contributed by atoms with van der Waals surface area (Å²) in [6.45, 7) is 7.07. The van der Waals surface area contributed by atoms with Crippen molar-refractivity contribution in [2.45, 2.75) is 43.5 Å². The monoisotopic (exact) mass is 316 g/mol. The van der Waals surface area contributed by atoms with Crippen molar-refractivity contribution in [2.24, 2.45) is 5.41 Å². The van der Waals surface area contributed by atoms with Crippen LogP contribution in [0, 0.1) is 5.41 Å². The molecule has 1 saturated carbocycles. The standard InChI is InChI=1S/C15H18Cl2O3/c1-13(2)11(15(13,16)17)9-5-7-10(8-6-9)20-14(3,4)12(18)19/h5-8,11H,1-4H3,(H,18,19). The number of rotatable bonds is 4. The van der Waals surface area contributed by atoms with E-state index >= 15 is 0 Å². The Hall–Kier alpha value is -0.930. The van der Waals surface area contributed by atoms with Gasteiger partial charge in [-0.15, -0.1) is 23.2 Å². The Labute approximate surface area is 128 Å². The molecule has 0 bridgehead atoms. The molecule has 0 heterocycles. The lowest BCUT2D eigenvalue weighted by molar-refractivity contribution is -0.152. The molecule has 0 saturated heterocycles. The first-order valence-electron chi connectivity index (χ1n) is 6.40. The van der Waals surface area contributed by atoms with E-state index in [4.69, 9.17) is 33.0 Å². The highest BCUT2D eigenvalue weighted by Crippen LogP contribution is 2.73. The third kappa shape index (κ3) is 2.38. The van der Waals surface area contributed by atoms with Gasteiger partial charge in [0.1, 0.15) is 10.1 Å². The van der Waals surface area contributed by atoms with Gasteiger partial charge in [0.15, 0.2) is 5.60 Å². The number of alkyl halides is 2. The normalized spacial score (nSPS) is 23.2. The number of benzene rings is 1. The van der Waals surface area contributed by atoms with Gasteiger partial charge >= 0.3 is 5.97 Å². The van der Waals surface area contributed by atoms with E-state index in [9.17, 15) is 4.79 Å². The number of ether oxygens (including phenoxy) is 1. The van der Waals surface area contributed by atoms with Crippen LogP contribution in [0.2, 0.25) is 0 Å². The van der Waals surface area contributed by atoms with Crippen molar-refractivity contribution in [3.8, 4) is 5.75 Å². The minimum atomic E-state index is -1.26. The molecule has 3 nitrogen and oxygen atoms in total. The van der Waals surface area contributed by atoms with Crippen LogP contribution in [-0.2, 0) is 4.79 Å². The predicted octanol–water partition coefficient (Wildman–Crippen LogP) is 4.23. The quantitative estimate of drug-likeness (QED) is 0.846. The van der Waals surface area contributed by atoms with Crippen molar-refractivity contribution >= 4 is 29.2 Å². The highest BCUT2D eigenvalue weighted by atomic mass is 35.5. The zero-order valence-electron chi connectivity index (χ0n) is 11.9. The van der Waals surface area contributed by atoms with E-state index in [0.29, 0.717) is 5.75 Å². The average Bonchev–Trinajstić information content (AvgIpc) is 2.70. The first kappa shape index (κ1) is 15.5. The summed E-state index contributed by atoms with van der Waals surface area (Å²) < 4.78 is 4.70. The van der Waals surface area contributed by atoms with Crippen LogP contribution in [0.4, 0.5) is 0 Å². The minimum Gasteiger partial charge on any atom is -0.478 e. The van der Waals surface area contributed by atoms with E-state index in [1.807, 2.05) is 26.0 Å². The SMILES string of the molecule is CC(C)(Oc1ccc(C2C(C)(C)C2(Cl)Cl)cc1)C(=O)O. The Bertz CT molecular complexity index is 519. The molecule has 20 heavy (non-hydrogen) atoms. The summed E-state index contributed by atoms with van der Waals surface area (Å²) >= 11 is 12.6. The van der Waals surface area contributed by atoms with Gasteiger partial charge in [0, 0.05) is 11.3 Å². The van der Waals surface area contributed by atoms with Gasteiger partial charge in [0.05, 0.1) is 0 Å². The van der Waals surface area contributed by atoms with E-state index in [0.717, 1.165) is 5.56 Å². The number of aliphatic carboxylic acids is 1. The number of carboxylic acid groups (broad SMARTS) is 1. The molecule has 1 unspecified atom stereocenters. The summed E-state index contributed by atoms with van der Waals surface area (Å²) in [4.78, 5) is 11.0. The van der Waals surface area contributed by atoms with Gasteiger partial charge in [-0.25, -0.2) is 4.79 Å². The molecule has 0 aromatic heterocycles. The number of hydrogen-bond donors (Lipinski definition) is 1. The number of carbonyl (C=O) groups is 1. The molecule has 1 aliphatic carbocycles. The summed E-state index contributed by atoms with van der Waals surface area (Å²) in [6.07, 6.45) is 0. The molecule has 0 spiro atoms. The van der Waals surface area contributed by atoms with Crippen LogP contribution in [0.1, 0.15) is 39.2 Å². The zero-order chi connectivity index (χ0) is 15.3. The van der Waals surface area contributed by atoms with Crippen LogP contribution in [0.5, 0.6) is 5.75 Å². The lowest BCUT2D eigenvalue weighted by Crippen LogP contribution is -2.37. The Morgan fingerprint density at radius 2 is 1.70 bits per heavy atom. The van der Waals surface area contributed by atoms with Crippen molar-refractivity contribution in [3.63, 3.8) is 0 Å². The second-order valence-electron chi connectivity index (χ2n) is 6.26. The Morgan fingerprint density at radius 1 is 1.25 bits per heavy atom. The van der Waals surface area contributed by atoms with Crippen molar-refractivity contribution < 1.29 is 14.6 Å². The summed E-state index contributed by atoms with van der Waals surface area (Å²) in [7, 11) is 0. The van der Waals surface area contributed by atoms with Crippen LogP contribution in [-0.4, -0.2) is 21.0 Å². The predicted molar refractivity (Wildman–Crippen MR) is 79.7 cm³/mol. The maximum atomic E-state index is 11.0. The van der Waals surface area contributed by atoms with Gasteiger partial charge in [-0.05, 0) is 31.5 Å². The van der Waals surface area contributed by atoms with Crippen molar-refractivity contribution in [3.05, 3.63) is 29.8 Å². The van der Waals surface area contributed by atoms with Crippen LogP contribution in [0.25, 0.3) is 0 Å². The maximum absolute atomic E-state index is 11.0. The second-order valence-corrected chi connectivity index (χ2v) is 7.65. The van der Waals surface area contributed by atoms with E-state index in [-0.39, 0.29) is 11.3 Å². The molecule has 1 aromatic carbocycles. The molecule has 1 atom stereocenters. The topological polar surface area (TPSA) is 46.5 Å². The molecular formula is C15H18Cl2O3. The van der Waals surface area contributed by atoms with Crippen LogP contribution in [0.3, 0.4) is 0 Å². The van der Waals surface area contributed by atoms with E-state index in [1.165, 1.54) is 13.8 Å². The number of hydrogen-bond acceptors (Lipinski definition) is 2. The van der Waals surface area contributed by atoms with Gasteiger partial charge in [0.25, 0.3) is 0 Å². The largest absolute Gasteiger partial charge is 0.478 e. The van der Waals surface area contributed by atoms with E-state index in [1.54, 1.807) is 12.1 Å². The van der Waals surface area contributed by atoms with Gasteiger partial charge in [-0.3, -0.25) is 0 Å². The molecule has 1 fully saturated rings. The highest BCUT2D eigenvalue weighted by molar-refractivity contribution is 6.52. The third-order valence-corrected chi connectivity index (χ3v) is 5.37. The second kappa shape index (κ2) is 4.54. The molecular weight excluding hydrogens is 299 g/mol. The summed E-state index contributed by atoms with van der Waals surface area (Å²) in [6, 6.07) is 7.26. The van der Waals surface area contributed by atoms with Crippen molar-refractivity contribution in [1.82, 2.24) is 0 Å². The Balaban J connectivity index is 2.15. The lowest BCUT2D eigenvalue weighted by atomic mass is 10.0. The summed E-state index contributed by atoms with van der Waals surface area (Å²) in [5, 5.41) is 9.03. The molecule has 0 amide bonds. The minimum absolute atomic E-state index is 0.0693. The summed E-state index contributed by atoms with van der Waals surface area (Å²) in [5.41, 5.74) is -0.400. The van der Waals surface area contributed by atoms with Gasteiger partial charge < -0.3 is 9.84 Å². The molecule has 110 valence electrons. The average molecular weight is 317 g/mol. The van der Waals surface area contributed by atoms with Gasteiger partial charge in [0.2, 0.25) is 0 Å². The zero-order valence-corrected chi connectivity index (χ0v) is 13.4. The highest BCUT2D eigenvalue weighted by Gasteiger charge is 2.70. The number of carboxylic acids is 1. The summed E-state index contributed by atoms with van der Waals surface area (Å²) in [5.74, 6) is -0.431. The fraction of sp³-hybridized carbons (Fsp3) is 0.533. The smallest absolute Gasteiger partial charge is 0.347 e. The van der Waals surface area contributed by atoms with Crippen molar-refractivity contribution in [1.29, 1.82) is 0 Å². The van der Waals surface area contributed by atoms with Gasteiger partial charge in [-0.1, -0.05) is 26.0 Å². The third-order valence-electron chi connectivity index (χ3n) is 3.96. The molecule has 1 aliphatic rings. The Kier molecular flexibility index (Phi) is 3.51. The number of halogens is 2. The molecule has 0 aliphatic heterocycles.